The van der Waals surface area contributed by atoms with E-state index in [-0.39, 0.29) is 0 Å². The van der Waals surface area contributed by atoms with Crippen LogP contribution in [0.15, 0.2) is 0 Å². The molecule has 10 aliphatic rings. The Morgan fingerprint density at radius 1 is 0.414 bits per heavy atom. The van der Waals surface area contributed by atoms with Crippen LogP contribution in [0.4, 0.5) is 0 Å². The lowest BCUT2D eigenvalue weighted by atomic mass is 9.64. The molecule has 0 nitrogen and oxygen atoms in total. The molecule has 0 saturated heterocycles. The summed E-state index contributed by atoms with van der Waals surface area (Å²) in [4.78, 5) is 0. The van der Waals surface area contributed by atoms with Gasteiger partial charge in [-0.15, -0.1) is 0 Å². The van der Waals surface area contributed by atoms with Crippen molar-refractivity contribution in [1.82, 2.24) is 0 Å². The highest BCUT2D eigenvalue weighted by molar-refractivity contribution is 4.86. The number of hydrogen-bond donors (Lipinski definition) is 0. The van der Waals surface area contributed by atoms with Crippen molar-refractivity contribution < 1.29 is 0 Å². The molecule has 10 fully saturated rings. The molecule has 0 amide bonds. The predicted molar refractivity (Wildman–Crippen MR) is 322 cm³/mol. The van der Waals surface area contributed by atoms with Gasteiger partial charge in [0.15, 0.2) is 0 Å². The summed E-state index contributed by atoms with van der Waals surface area (Å²) >= 11 is 0. The van der Waals surface area contributed by atoms with E-state index in [1.807, 2.05) is 0 Å². The first kappa shape index (κ1) is 68.0. The predicted octanol–water partition coefficient (Wildman–Crippen LogP) is 25.0. The van der Waals surface area contributed by atoms with E-state index in [0.717, 1.165) is 81.8 Å². The zero-order chi connectivity index (χ0) is 53.0. The van der Waals surface area contributed by atoms with Crippen LogP contribution in [0, 0.1) is 92.7 Å². The third-order valence-corrected chi connectivity index (χ3v) is 21.9. The lowest BCUT2D eigenvalue weighted by molar-refractivity contribution is 0.0892. The summed E-state index contributed by atoms with van der Waals surface area (Å²) < 4.78 is 0. The van der Waals surface area contributed by atoms with Crippen LogP contribution >= 0.6 is 0 Å². The van der Waals surface area contributed by atoms with Crippen molar-refractivity contribution >= 4 is 0 Å². The van der Waals surface area contributed by atoms with Crippen molar-refractivity contribution in [3.63, 3.8) is 0 Å². The van der Waals surface area contributed by atoms with Gasteiger partial charge in [0.2, 0.25) is 0 Å². The van der Waals surface area contributed by atoms with Crippen molar-refractivity contribution in [3.8, 4) is 0 Å². The fourth-order valence-electron chi connectivity index (χ4n) is 12.9. The van der Waals surface area contributed by atoms with Crippen LogP contribution < -0.4 is 0 Å². The number of hydrogen-bond acceptors (Lipinski definition) is 0. The Labute approximate surface area is 447 Å². The first-order valence-corrected chi connectivity index (χ1v) is 32.9. The Kier molecular flexibility index (Phi) is 35.1. The number of rotatable bonds is 9. The van der Waals surface area contributed by atoms with Crippen LogP contribution in [0.5, 0.6) is 0 Å². The van der Waals surface area contributed by atoms with E-state index < -0.39 is 0 Å². The summed E-state index contributed by atoms with van der Waals surface area (Å²) in [5.41, 5.74) is 2.90. The summed E-state index contributed by atoms with van der Waals surface area (Å²) in [6.45, 7) is 46.5. The van der Waals surface area contributed by atoms with Crippen molar-refractivity contribution in [2.24, 2.45) is 92.7 Å². The molecular weight excluding hydrogens is 841 g/mol. The van der Waals surface area contributed by atoms with Gasteiger partial charge in [-0.3, -0.25) is 0 Å². The second kappa shape index (κ2) is 36.1. The van der Waals surface area contributed by atoms with Gasteiger partial charge in [0.05, 0.1) is 0 Å². The molecule has 0 heteroatoms. The average Bonchev–Trinajstić information content (AvgIpc) is 3.79. The SMILES string of the molecule is CC(C)C1CCC1.CC1CC(C)(C)C1.CCC1(C)CCC1.CCC1(C)CCC1.CCC1CC(C)C1.CCC1CCC1C.CCC1CCCC1.CCC1CC[C@@H]1C.CCCC1CCC1.C[C@H]1CCC1(C)C. The summed E-state index contributed by atoms with van der Waals surface area (Å²) in [7, 11) is 0. The first-order chi connectivity index (χ1) is 32.9. The van der Waals surface area contributed by atoms with Crippen LogP contribution in [0.1, 0.15) is 357 Å². The van der Waals surface area contributed by atoms with Gasteiger partial charge in [0.1, 0.15) is 0 Å². The minimum absolute atomic E-state index is 0.681. The van der Waals surface area contributed by atoms with E-state index in [0.29, 0.717) is 10.8 Å². The molecule has 0 aliphatic heterocycles. The van der Waals surface area contributed by atoms with E-state index in [1.165, 1.54) is 218 Å². The summed E-state index contributed by atoms with van der Waals surface area (Å²) in [5.74, 6) is 12.6. The molecule has 420 valence electrons. The van der Waals surface area contributed by atoms with Crippen LogP contribution in [-0.2, 0) is 0 Å². The monoisotopic (exact) mass is 981 g/mol. The lowest BCUT2D eigenvalue weighted by Gasteiger charge is -2.42. The van der Waals surface area contributed by atoms with Crippen molar-refractivity contribution in [3.05, 3.63) is 0 Å². The van der Waals surface area contributed by atoms with Gasteiger partial charge >= 0.3 is 0 Å². The van der Waals surface area contributed by atoms with Crippen LogP contribution in [0.25, 0.3) is 0 Å². The highest BCUT2D eigenvalue weighted by Gasteiger charge is 2.35. The Hall–Kier alpha value is 0. The van der Waals surface area contributed by atoms with Crippen molar-refractivity contribution in [1.29, 1.82) is 0 Å². The highest BCUT2D eigenvalue weighted by Crippen LogP contribution is 2.46. The van der Waals surface area contributed by atoms with E-state index in [2.05, 4.69) is 138 Å². The maximum absolute atomic E-state index is 2.39. The lowest BCUT2D eigenvalue weighted by Crippen LogP contribution is -2.31. The average molecular weight is 982 g/mol. The van der Waals surface area contributed by atoms with Gasteiger partial charge in [0.25, 0.3) is 0 Å². The maximum atomic E-state index is 2.39. The third kappa shape index (κ3) is 28.2. The molecule has 3 unspecified atom stereocenters. The quantitative estimate of drug-likeness (QED) is 0.216. The van der Waals surface area contributed by atoms with E-state index in [1.54, 1.807) is 0 Å². The van der Waals surface area contributed by atoms with Gasteiger partial charge in [-0.1, -0.05) is 280 Å². The molecule has 10 saturated carbocycles. The molecular formula is C70H140. The molecule has 0 radical (unpaired) electrons. The molecule has 0 bridgehead atoms. The molecule has 0 aromatic carbocycles. The Morgan fingerprint density at radius 2 is 0.829 bits per heavy atom. The van der Waals surface area contributed by atoms with E-state index in [9.17, 15) is 0 Å². The Morgan fingerprint density at radius 3 is 0.886 bits per heavy atom. The van der Waals surface area contributed by atoms with Crippen LogP contribution in [-0.4, -0.2) is 0 Å². The van der Waals surface area contributed by atoms with E-state index >= 15 is 0 Å². The second-order valence-electron chi connectivity index (χ2n) is 29.5. The Bertz CT molecular complexity index is 1100. The first-order valence-electron chi connectivity index (χ1n) is 32.9. The van der Waals surface area contributed by atoms with Gasteiger partial charge in [-0.05, 0) is 170 Å². The smallest absolute Gasteiger partial charge is 0.0328 e. The molecule has 10 rings (SSSR count). The molecule has 0 heterocycles. The fourth-order valence-corrected chi connectivity index (χ4v) is 12.9. The third-order valence-electron chi connectivity index (χ3n) is 21.9. The Balaban J connectivity index is 0.000000389. The molecule has 10 aliphatic carbocycles. The van der Waals surface area contributed by atoms with Gasteiger partial charge < -0.3 is 0 Å². The zero-order valence-corrected chi connectivity index (χ0v) is 53.0. The molecule has 0 aromatic rings. The molecule has 0 aromatic heterocycles. The molecule has 70 heavy (non-hydrogen) atoms. The summed E-state index contributed by atoms with van der Waals surface area (Å²) in [6.07, 6.45) is 49.9. The topological polar surface area (TPSA) is 0 Å². The maximum Gasteiger partial charge on any atom is -0.0328 e. The summed E-state index contributed by atoms with van der Waals surface area (Å²) in [5, 5.41) is 0. The summed E-state index contributed by atoms with van der Waals surface area (Å²) in [6, 6.07) is 0. The van der Waals surface area contributed by atoms with Crippen molar-refractivity contribution in [2.45, 2.75) is 357 Å². The van der Waals surface area contributed by atoms with Crippen molar-refractivity contribution in [2.75, 3.05) is 0 Å². The van der Waals surface area contributed by atoms with E-state index in [4.69, 9.17) is 0 Å². The van der Waals surface area contributed by atoms with Gasteiger partial charge in [0, 0.05) is 0 Å². The minimum Gasteiger partial charge on any atom is -0.0654 e. The molecule has 0 spiro atoms. The standard InChI is InChI=1S/10C7H14/c1-6-4-7(2,3)5-6;1-6-4-5-7(6,2)3;1-6(2)7-4-3-5-7;1-3-7-4-6(2)5-7;2*1-3-7(2)5-4-6-7;2*1-3-7-5-4-6(7)2;1-2-7-5-3-4-6-7;1-2-4-7-5-3-6-7/h2*6H,4-5H2,1-3H3;2*6-7H,3-5H2,1-2H3;2*3-6H2,1-2H3;2*6-7H,3-5H2,1-2H3;2*7H,2-6H2,1H3/t;6-;;;;;6-,7?;;;/m.0....0.../s1. The largest absolute Gasteiger partial charge is 0.0654 e. The molecule has 5 atom stereocenters. The van der Waals surface area contributed by atoms with Crippen LogP contribution in [0.2, 0.25) is 0 Å². The zero-order valence-electron chi connectivity index (χ0n) is 53.0. The van der Waals surface area contributed by atoms with Gasteiger partial charge in [-0.25, -0.2) is 0 Å². The fraction of sp³-hybridized carbons (Fsp3) is 1.00. The normalized spacial score (nSPS) is 30.9. The highest BCUT2D eigenvalue weighted by atomic mass is 14.4. The van der Waals surface area contributed by atoms with Crippen LogP contribution in [0.3, 0.4) is 0 Å². The minimum atomic E-state index is 0.681. The molecule has 0 N–H and O–H groups in total. The second-order valence-corrected chi connectivity index (χ2v) is 29.5. The van der Waals surface area contributed by atoms with Gasteiger partial charge in [-0.2, -0.15) is 0 Å².